The van der Waals surface area contributed by atoms with E-state index in [1.165, 1.54) is 25.7 Å². The second-order valence-electron chi connectivity index (χ2n) is 11.8. The predicted molar refractivity (Wildman–Crippen MR) is 130 cm³/mol. The summed E-state index contributed by atoms with van der Waals surface area (Å²) in [7, 11) is 0. The Balaban J connectivity index is 1.22. The highest BCUT2D eigenvalue weighted by Gasteiger charge is 2.59. The number of carboxylic acids is 1. The zero-order valence-corrected chi connectivity index (χ0v) is 21.0. The minimum atomic E-state index is -1.25. The van der Waals surface area contributed by atoms with Crippen LogP contribution >= 0.6 is 0 Å². The van der Waals surface area contributed by atoms with Crippen molar-refractivity contribution in [2.24, 2.45) is 17.8 Å². The summed E-state index contributed by atoms with van der Waals surface area (Å²) in [6.07, 6.45) is 7.66. The Hall–Kier alpha value is -1.55. The topological polar surface area (TPSA) is 91.3 Å². The van der Waals surface area contributed by atoms with Gasteiger partial charge in [0, 0.05) is 25.2 Å². The summed E-state index contributed by atoms with van der Waals surface area (Å²) in [4.78, 5) is 29.7. The lowest BCUT2D eigenvalue weighted by atomic mass is 9.65. The number of nitrogens with one attached hydrogen (secondary N) is 1. The first-order valence-electron chi connectivity index (χ1n) is 14.1. The van der Waals surface area contributed by atoms with Crippen molar-refractivity contribution in [2.75, 3.05) is 39.4 Å². The van der Waals surface area contributed by atoms with Crippen LogP contribution in [-0.2, 0) is 19.1 Å². The highest BCUT2D eigenvalue weighted by Crippen LogP contribution is 2.50. The van der Waals surface area contributed by atoms with E-state index in [9.17, 15) is 14.7 Å². The Morgan fingerprint density at radius 1 is 1.14 bits per heavy atom. The smallest absolute Gasteiger partial charge is 0.340 e. The van der Waals surface area contributed by atoms with Crippen LogP contribution in [0.25, 0.3) is 0 Å². The first-order valence-corrected chi connectivity index (χ1v) is 14.1. The van der Waals surface area contributed by atoms with E-state index in [1.807, 2.05) is 0 Å². The molecule has 200 valence electrons. The zero-order valence-electron chi connectivity index (χ0n) is 21.0. The molecule has 3 heterocycles. The zero-order chi connectivity index (χ0) is 24.8. The lowest BCUT2D eigenvalue weighted by Crippen LogP contribution is -2.73. The SMILES string of the molecule is O=C(O)C1=CN2C3CC4CCCCC4CC3OC3C(NCCCN4CCOCC4)C(F)CC(C1=O)C32. The van der Waals surface area contributed by atoms with Gasteiger partial charge in [0.2, 0.25) is 0 Å². The van der Waals surface area contributed by atoms with Crippen molar-refractivity contribution >= 4 is 11.8 Å². The Labute approximate surface area is 212 Å². The van der Waals surface area contributed by atoms with Crippen LogP contribution in [0.2, 0.25) is 0 Å². The molecule has 0 aromatic rings. The standard InChI is InChI=1S/C27H40FN3O5/c28-20-14-18-24-26(23(20)29-6-3-7-30-8-10-35-11-9-30)36-22-13-17-5-2-1-4-16(17)12-21(22)31(24)15-19(25(18)32)27(33)34/h15-18,20-24,26,29H,1-14H2,(H,33,34). The van der Waals surface area contributed by atoms with Crippen molar-refractivity contribution in [3.8, 4) is 0 Å². The third-order valence-electron chi connectivity index (χ3n) is 9.85. The number of hydrogen-bond donors (Lipinski definition) is 2. The summed E-state index contributed by atoms with van der Waals surface area (Å²) in [5.41, 5.74) is -0.189. The molecule has 9 unspecified atom stereocenters. The quantitative estimate of drug-likeness (QED) is 0.418. The number of fused-ring (bicyclic) bond motifs is 3. The molecule has 3 aliphatic carbocycles. The third kappa shape index (κ3) is 4.50. The number of halogens is 1. The fourth-order valence-corrected chi connectivity index (χ4v) is 8.08. The Bertz CT molecular complexity index is 879. The normalized spacial score (nSPS) is 42.7. The summed E-state index contributed by atoms with van der Waals surface area (Å²) in [5.74, 6) is -1.05. The molecule has 0 amide bonds. The minimum absolute atomic E-state index is 0.0475. The minimum Gasteiger partial charge on any atom is -0.478 e. The summed E-state index contributed by atoms with van der Waals surface area (Å²) in [6, 6.07) is -0.726. The van der Waals surface area contributed by atoms with Gasteiger partial charge in [0.05, 0.1) is 43.5 Å². The van der Waals surface area contributed by atoms with Crippen LogP contribution in [-0.4, -0.2) is 103 Å². The van der Waals surface area contributed by atoms with E-state index in [4.69, 9.17) is 9.47 Å². The van der Waals surface area contributed by atoms with Crippen LogP contribution in [0.1, 0.15) is 51.4 Å². The van der Waals surface area contributed by atoms with E-state index in [-0.39, 0.29) is 30.2 Å². The highest BCUT2D eigenvalue weighted by atomic mass is 19.1. The number of nitrogens with zero attached hydrogens (tertiary/aromatic N) is 2. The second kappa shape index (κ2) is 10.3. The molecule has 2 saturated heterocycles. The van der Waals surface area contributed by atoms with Crippen LogP contribution in [0.4, 0.5) is 4.39 Å². The predicted octanol–water partition coefficient (Wildman–Crippen LogP) is 1.98. The molecule has 6 aliphatic rings. The molecule has 5 fully saturated rings. The van der Waals surface area contributed by atoms with Gasteiger partial charge in [-0.15, -0.1) is 0 Å². The lowest BCUT2D eigenvalue weighted by Gasteiger charge is -2.60. The average Bonchev–Trinajstić information content (AvgIpc) is 2.88. The molecule has 0 bridgehead atoms. The van der Waals surface area contributed by atoms with E-state index >= 15 is 4.39 Å². The fourth-order valence-electron chi connectivity index (χ4n) is 8.08. The molecule has 0 radical (unpaired) electrons. The van der Waals surface area contributed by atoms with Crippen molar-refractivity contribution in [1.29, 1.82) is 0 Å². The van der Waals surface area contributed by atoms with Crippen LogP contribution in [0.5, 0.6) is 0 Å². The maximum absolute atomic E-state index is 15.7. The fraction of sp³-hybridized carbons (Fsp3) is 0.852. The number of alkyl halides is 1. The van der Waals surface area contributed by atoms with E-state index in [1.54, 1.807) is 6.20 Å². The van der Waals surface area contributed by atoms with Crippen molar-refractivity contribution in [1.82, 2.24) is 15.1 Å². The van der Waals surface area contributed by atoms with E-state index in [2.05, 4.69) is 15.1 Å². The molecular formula is C27H40FN3O5. The molecular weight excluding hydrogens is 465 g/mol. The number of Topliss-reactive ketones (excluding diaryl/α,β-unsaturated/α-hetero) is 1. The van der Waals surface area contributed by atoms with Gasteiger partial charge in [0.15, 0.2) is 5.78 Å². The molecule has 8 nitrogen and oxygen atoms in total. The molecule has 0 aromatic carbocycles. The van der Waals surface area contributed by atoms with Crippen molar-refractivity contribution in [3.05, 3.63) is 11.8 Å². The Morgan fingerprint density at radius 2 is 1.89 bits per heavy atom. The van der Waals surface area contributed by atoms with Crippen LogP contribution < -0.4 is 5.32 Å². The number of ketones is 1. The molecule has 2 N–H and O–H groups in total. The average molecular weight is 506 g/mol. The van der Waals surface area contributed by atoms with Crippen molar-refractivity contribution in [2.45, 2.75) is 87.9 Å². The number of carbonyl (C=O) groups is 2. The molecule has 6 rings (SSSR count). The van der Waals surface area contributed by atoms with Gasteiger partial charge < -0.3 is 24.8 Å². The molecule has 3 saturated carbocycles. The van der Waals surface area contributed by atoms with Gasteiger partial charge in [-0.25, -0.2) is 9.18 Å². The van der Waals surface area contributed by atoms with Gasteiger partial charge in [-0.2, -0.15) is 0 Å². The third-order valence-corrected chi connectivity index (χ3v) is 9.85. The first kappa shape index (κ1) is 24.8. The number of aliphatic carboxylic acids is 1. The highest BCUT2D eigenvalue weighted by molar-refractivity contribution is 6.18. The summed E-state index contributed by atoms with van der Waals surface area (Å²) in [6.45, 7) is 5.03. The second-order valence-corrected chi connectivity index (χ2v) is 11.8. The Kier molecular flexibility index (Phi) is 7.09. The largest absolute Gasteiger partial charge is 0.478 e. The van der Waals surface area contributed by atoms with Gasteiger partial charge in [0.1, 0.15) is 11.7 Å². The maximum atomic E-state index is 15.7. The van der Waals surface area contributed by atoms with Gasteiger partial charge in [-0.05, 0) is 50.6 Å². The van der Waals surface area contributed by atoms with Crippen LogP contribution in [0.3, 0.4) is 0 Å². The molecule has 9 heteroatoms. The number of ether oxygens (including phenoxy) is 2. The van der Waals surface area contributed by atoms with E-state index < -0.39 is 36.0 Å². The maximum Gasteiger partial charge on any atom is 0.340 e. The van der Waals surface area contributed by atoms with Gasteiger partial charge in [-0.3, -0.25) is 9.69 Å². The van der Waals surface area contributed by atoms with Gasteiger partial charge in [-0.1, -0.05) is 25.7 Å². The number of morpholine rings is 2. The molecule has 0 aromatic heterocycles. The number of carboxylic acid groups (broad SMARTS) is 1. The monoisotopic (exact) mass is 505 g/mol. The van der Waals surface area contributed by atoms with Crippen LogP contribution in [0, 0.1) is 17.8 Å². The van der Waals surface area contributed by atoms with Crippen LogP contribution in [0.15, 0.2) is 11.8 Å². The van der Waals surface area contributed by atoms with Gasteiger partial charge >= 0.3 is 5.97 Å². The summed E-state index contributed by atoms with van der Waals surface area (Å²) in [5, 5.41) is 13.3. The lowest BCUT2D eigenvalue weighted by molar-refractivity contribution is -0.208. The van der Waals surface area contributed by atoms with Gasteiger partial charge in [0.25, 0.3) is 0 Å². The number of rotatable bonds is 6. The van der Waals surface area contributed by atoms with Crippen molar-refractivity contribution < 1.29 is 28.6 Å². The molecule has 36 heavy (non-hydrogen) atoms. The van der Waals surface area contributed by atoms with E-state index in [0.717, 1.165) is 52.1 Å². The van der Waals surface area contributed by atoms with Crippen molar-refractivity contribution in [3.63, 3.8) is 0 Å². The molecule has 0 spiro atoms. The Morgan fingerprint density at radius 3 is 2.64 bits per heavy atom. The summed E-state index contributed by atoms with van der Waals surface area (Å²) >= 11 is 0. The number of carbonyl (C=O) groups excluding carboxylic acids is 1. The first-order chi connectivity index (χ1) is 17.5. The summed E-state index contributed by atoms with van der Waals surface area (Å²) < 4.78 is 27.9. The van der Waals surface area contributed by atoms with E-state index in [0.29, 0.717) is 18.4 Å². The molecule has 3 aliphatic heterocycles. The molecule has 9 atom stereocenters. The number of hydrogen-bond acceptors (Lipinski definition) is 7.